The number of carbonyl (C=O) groups is 1. The van der Waals surface area contributed by atoms with Crippen molar-refractivity contribution in [3.05, 3.63) is 40.6 Å². The van der Waals surface area contributed by atoms with Crippen LogP contribution in [0.4, 0.5) is 14.5 Å². The molecule has 4 rings (SSSR count). The number of ether oxygens (including phenoxy) is 3. The van der Waals surface area contributed by atoms with Crippen LogP contribution in [0, 0.1) is 0 Å². The van der Waals surface area contributed by atoms with Crippen LogP contribution in [0.25, 0.3) is 0 Å². The molecule has 1 amide bonds. The lowest BCUT2D eigenvalue weighted by molar-refractivity contribution is -0.286. The molecule has 1 aromatic carbocycles. The van der Waals surface area contributed by atoms with Crippen molar-refractivity contribution < 1.29 is 27.8 Å². The van der Waals surface area contributed by atoms with Crippen LogP contribution in [-0.4, -0.2) is 42.9 Å². The van der Waals surface area contributed by atoms with Crippen LogP contribution < -0.4 is 14.8 Å². The van der Waals surface area contributed by atoms with Gasteiger partial charge in [-0.25, -0.2) is 0 Å². The fraction of sp³-hybridized carbons (Fsp3) is 0.421. The van der Waals surface area contributed by atoms with Gasteiger partial charge in [0, 0.05) is 36.3 Å². The summed E-state index contributed by atoms with van der Waals surface area (Å²) in [7, 11) is 0. The van der Waals surface area contributed by atoms with Gasteiger partial charge < -0.3 is 19.5 Å². The first-order valence-corrected chi connectivity index (χ1v) is 9.91. The first kappa shape index (κ1) is 19.1. The Labute approximate surface area is 165 Å². The Kier molecular flexibility index (Phi) is 5.47. The standard InChI is InChI=1S/C19H20F2N2O4S/c20-19(21)26-16-6-5-13(9-17(16)27-19)22-18(24)12-23(10-14-3-1-7-25-14)11-15-4-2-8-28-15/h2,4-6,8-9,14H,1,3,7,10-12H2,(H,22,24)/t14-/m1/s1. The van der Waals surface area contributed by atoms with Gasteiger partial charge in [-0.15, -0.1) is 20.1 Å². The van der Waals surface area contributed by atoms with Crippen LogP contribution in [-0.2, 0) is 16.1 Å². The molecule has 150 valence electrons. The van der Waals surface area contributed by atoms with Gasteiger partial charge in [-0.1, -0.05) is 6.07 Å². The molecule has 0 saturated carbocycles. The van der Waals surface area contributed by atoms with Gasteiger partial charge in [0.2, 0.25) is 5.91 Å². The van der Waals surface area contributed by atoms with Crippen LogP contribution in [0.15, 0.2) is 35.7 Å². The highest BCUT2D eigenvalue weighted by Crippen LogP contribution is 2.42. The average molecular weight is 410 g/mol. The van der Waals surface area contributed by atoms with E-state index in [0.717, 1.165) is 24.3 Å². The molecule has 9 heteroatoms. The molecule has 28 heavy (non-hydrogen) atoms. The summed E-state index contributed by atoms with van der Waals surface area (Å²) < 4.78 is 40.7. The van der Waals surface area contributed by atoms with Crippen molar-refractivity contribution in [1.82, 2.24) is 4.90 Å². The Bertz CT molecular complexity index is 825. The van der Waals surface area contributed by atoms with Gasteiger partial charge in [0.25, 0.3) is 0 Å². The lowest BCUT2D eigenvalue weighted by atomic mass is 10.2. The van der Waals surface area contributed by atoms with E-state index in [4.69, 9.17) is 4.74 Å². The number of alkyl halides is 2. The van der Waals surface area contributed by atoms with Gasteiger partial charge in [0.05, 0.1) is 12.6 Å². The third-order valence-electron chi connectivity index (χ3n) is 4.50. The normalized spacial score (nSPS) is 19.9. The molecular formula is C19H20F2N2O4S. The highest BCUT2D eigenvalue weighted by molar-refractivity contribution is 7.09. The van der Waals surface area contributed by atoms with Crippen LogP contribution in [0.2, 0.25) is 0 Å². The quantitative estimate of drug-likeness (QED) is 0.755. The minimum Gasteiger partial charge on any atom is -0.395 e. The number of anilines is 1. The zero-order chi connectivity index (χ0) is 19.6. The predicted molar refractivity (Wildman–Crippen MR) is 99.8 cm³/mol. The molecule has 6 nitrogen and oxygen atoms in total. The summed E-state index contributed by atoms with van der Waals surface area (Å²) in [5.41, 5.74) is 0.373. The van der Waals surface area contributed by atoms with E-state index in [1.54, 1.807) is 11.3 Å². The number of hydrogen-bond acceptors (Lipinski definition) is 6. The Hall–Kier alpha value is -2.23. The van der Waals surface area contributed by atoms with Gasteiger partial charge in [-0.05, 0) is 36.4 Å². The maximum absolute atomic E-state index is 13.1. The van der Waals surface area contributed by atoms with E-state index >= 15 is 0 Å². The van der Waals surface area contributed by atoms with Gasteiger partial charge in [0.15, 0.2) is 11.5 Å². The zero-order valence-electron chi connectivity index (χ0n) is 15.0. The topological polar surface area (TPSA) is 60.0 Å². The summed E-state index contributed by atoms with van der Waals surface area (Å²) in [5.74, 6) is -0.390. The highest BCUT2D eigenvalue weighted by Gasteiger charge is 2.43. The Morgan fingerprint density at radius 1 is 1.29 bits per heavy atom. The zero-order valence-corrected chi connectivity index (χ0v) is 15.8. The molecular weight excluding hydrogens is 390 g/mol. The molecule has 3 heterocycles. The second-order valence-electron chi connectivity index (χ2n) is 6.76. The van der Waals surface area contributed by atoms with Crippen molar-refractivity contribution >= 4 is 22.9 Å². The molecule has 0 aliphatic carbocycles. The second-order valence-corrected chi connectivity index (χ2v) is 7.79. The maximum atomic E-state index is 13.1. The minimum absolute atomic E-state index is 0.0549. The van der Waals surface area contributed by atoms with E-state index in [1.165, 1.54) is 18.2 Å². The number of fused-ring (bicyclic) bond motifs is 1. The number of benzene rings is 1. The third kappa shape index (κ3) is 4.78. The molecule has 1 saturated heterocycles. The fourth-order valence-corrected chi connectivity index (χ4v) is 4.06. The van der Waals surface area contributed by atoms with Crippen LogP contribution in [0.5, 0.6) is 11.5 Å². The van der Waals surface area contributed by atoms with Gasteiger partial charge in [0.1, 0.15) is 0 Å². The fourth-order valence-electron chi connectivity index (χ4n) is 3.31. The number of nitrogens with one attached hydrogen (secondary N) is 1. The number of carbonyl (C=O) groups excluding carboxylic acids is 1. The Morgan fingerprint density at radius 3 is 2.89 bits per heavy atom. The van der Waals surface area contributed by atoms with Crippen molar-refractivity contribution in [2.24, 2.45) is 0 Å². The van der Waals surface area contributed by atoms with Crippen molar-refractivity contribution in [2.45, 2.75) is 31.8 Å². The van der Waals surface area contributed by atoms with Gasteiger partial charge >= 0.3 is 6.29 Å². The summed E-state index contributed by atoms with van der Waals surface area (Å²) in [4.78, 5) is 15.7. The number of hydrogen-bond donors (Lipinski definition) is 1. The molecule has 2 aliphatic heterocycles. The van der Waals surface area contributed by atoms with Crippen molar-refractivity contribution in [1.29, 1.82) is 0 Å². The molecule has 1 aromatic heterocycles. The summed E-state index contributed by atoms with van der Waals surface area (Å²) in [6, 6.07) is 8.19. The summed E-state index contributed by atoms with van der Waals surface area (Å²) >= 11 is 1.64. The molecule has 1 atom stereocenters. The minimum atomic E-state index is -3.68. The van der Waals surface area contributed by atoms with E-state index in [1.807, 2.05) is 22.4 Å². The van der Waals surface area contributed by atoms with Crippen molar-refractivity contribution in [3.63, 3.8) is 0 Å². The van der Waals surface area contributed by atoms with Crippen LogP contribution in [0.3, 0.4) is 0 Å². The first-order chi connectivity index (χ1) is 13.5. The molecule has 2 aromatic rings. The monoisotopic (exact) mass is 410 g/mol. The van der Waals surface area contributed by atoms with Gasteiger partial charge in [-0.2, -0.15) is 0 Å². The number of halogens is 2. The lowest BCUT2D eigenvalue weighted by Gasteiger charge is -2.24. The molecule has 1 fully saturated rings. The van der Waals surface area contributed by atoms with Gasteiger partial charge in [-0.3, -0.25) is 9.69 Å². The first-order valence-electron chi connectivity index (χ1n) is 9.03. The summed E-state index contributed by atoms with van der Waals surface area (Å²) in [5, 5.41) is 4.74. The van der Waals surface area contributed by atoms with E-state index in [0.29, 0.717) is 18.8 Å². The largest absolute Gasteiger partial charge is 0.586 e. The third-order valence-corrected chi connectivity index (χ3v) is 5.36. The van der Waals surface area contributed by atoms with Crippen LogP contribution >= 0.6 is 11.3 Å². The van der Waals surface area contributed by atoms with Crippen molar-refractivity contribution in [2.75, 3.05) is 25.0 Å². The van der Waals surface area contributed by atoms with E-state index in [-0.39, 0.29) is 30.1 Å². The summed E-state index contributed by atoms with van der Waals surface area (Å²) in [6.07, 6.45) is -1.53. The predicted octanol–water partition coefficient (Wildman–Crippen LogP) is 3.69. The maximum Gasteiger partial charge on any atom is 0.586 e. The number of amides is 1. The SMILES string of the molecule is O=C(CN(Cc1cccs1)C[C@H]1CCCO1)Nc1ccc2c(c1)OC(F)(F)O2. The number of nitrogens with zero attached hydrogens (tertiary/aromatic N) is 1. The molecule has 2 aliphatic rings. The van der Waals surface area contributed by atoms with E-state index in [9.17, 15) is 13.6 Å². The average Bonchev–Trinajstić information content (AvgIpc) is 3.35. The Morgan fingerprint density at radius 2 is 2.14 bits per heavy atom. The highest BCUT2D eigenvalue weighted by atomic mass is 32.1. The van der Waals surface area contributed by atoms with Crippen molar-refractivity contribution in [3.8, 4) is 11.5 Å². The lowest BCUT2D eigenvalue weighted by Crippen LogP contribution is -2.37. The van der Waals surface area contributed by atoms with E-state index in [2.05, 4.69) is 14.8 Å². The van der Waals surface area contributed by atoms with Crippen LogP contribution in [0.1, 0.15) is 17.7 Å². The molecule has 0 spiro atoms. The molecule has 0 radical (unpaired) electrons. The Balaban J connectivity index is 1.38. The smallest absolute Gasteiger partial charge is 0.395 e. The number of rotatable bonds is 7. The summed E-state index contributed by atoms with van der Waals surface area (Å²) in [6.45, 7) is 2.24. The molecule has 1 N–H and O–H groups in total. The molecule has 0 unspecified atom stereocenters. The second kappa shape index (κ2) is 8.02. The molecule has 0 bridgehead atoms. The number of thiophene rings is 1. The van der Waals surface area contributed by atoms with E-state index < -0.39 is 6.29 Å².